The van der Waals surface area contributed by atoms with Gasteiger partial charge in [0.25, 0.3) is 0 Å². The Labute approximate surface area is 152 Å². The molecule has 2 aromatic carbocycles. The number of imidazole rings is 1. The van der Waals surface area contributed by atoms with Gasteiger partial charge in [0.2, 0.25) is 5.91 Å². The molecule has 1 aliphatic carbocycles. The molecule has 1 aromatic heterocycles. The lowest BCUT2D eigenvalue weighted by atomic mass is 10.0. The van der Waals surface area contributed by atoms with E-state index < -0.39 is 0 Å². The number of carbonyl (C=O) groups excluding carboxylic acids is 1. The number of nitrogens with zero attached hydrogens (tertiary/aromatic N) is 1. The summed E-state index contributed by atoms with van der Waals surface area (Å²) in [7, 11) is 0. The van der Waals surface area contributed by atoms with Gasteiger partial charge in [-0.05, 0) is 41.7 Å². The molecule has 26 heavy (non-hydrogen) atoms. The standard InChI is InChI=1S/C21H21N3O2/c1-14(25)24-18-4-2-3-17(11-18)15-5-7-16(8-6-15)21(26-19-9-10-19)20-12-22-13-23-20/h2-8,11-13,19,21H,9-10H2,1H3,(H,22,23)(H,24,25). The molecule has 2 N–H and O–H groups in total. The van der Waals surface area contributed by atoms with Gasteiger partial charge in [-0.2, -0.15) is 0 Å². The Morgan fingerprint density at radius 3 is 2.65 bits per heavy atom. The van der Waals surface area contributed by atoms with Gasteiger partial charge < -0.3 is 15.0 Å². The molecule has 4 rings (SSSR count). The molecule has 132 valence electrons. The maximum Gasteiger partial charge on any atom is 0.221 e. The second kappa shape index (κ2) is 7.14. The molecule has 1 atom stereocenters. The largest absolute Gasteiger partial charge is 0.364 e. The number of anilines is 1. The van der Waals surface area contributed by atoms with E-state index in [1.807, 2.05) is 30.5 Å². The molecule has 0 bridgehead atoms. The summed E-state index contributed by atoms with van der Waals surface area (Å²) in [6.07, 6.45) is 5.97. The summed E-state index contributed by atoms with van der Waals surface area (Å²) in [6.45, 7) is 1.51. The van der Waals surface area contributed by atoms with Crippen molar-refractivity contribution in [2.75, 3.05) is 5.32 Å². The number of aromatic nitrogens is 2. The van der Waals surface area contributed by atoms with Gasteiger partial charge in [-0.1, -0.05) is 36.4 Å². The van der Waals surface area contributed by atoms with Gasteiger partial charge >= 0.3 is 0 Å². The fourth-order valence-corrected chi connectivity index (χ4v) is 2.97. The monoisotopic (exact) mass is 347 g/mol. The van der Waals surface area contributed by atoms with Crippen LogP contribution in [0.1, 0.15) is 37.1 Å². The van der Waals surface area contributed by atoms with Crippen molar-refractivity contribution in [3.63, 3.8) is 0 Å². The second-order valence-corrected chi connectivity index (χ2v) is 6.61. The van der Waals surface area contributed by atoms with Crippen LogP contribution in [-0.2, 0) is 9.53 Å². The molecular weight excluding hydrogens is 326 g/mol. The molecule has 5 nitrogen and oxygen atoms in total. The van der Waals surface area contributed by atoms with Crippen LogP contribution in [0.25, 0.3) is 11.1 Å². The third-order valence-corrected chi connectivity index (χ3v) is 4.38. The van der Waals surface area contributed by atoms with E-state index in [4.69, 9.17) is 4.74 Å². The van der Waals surface area contributed by atoms with Crippen molar-refractivity contribution in [1.29, 1.82) is 0 Å². The predicted octanol–water partition coefficient (Wildman–Crippen LogP) is 4.30. The summed E-state index contributed by atoms with van der Waals surface area (Å²) in [6, 6.07) is 16.2. The first-order valence-corrected chi connectivity index (χ1v) is 8.81. The zero-order valence-electron chi connectivity index (χ0n) is 14.6. The van der Waals surface area contributed by atoms with E-state index in [9.17, 15) is 4.79 Å². The van der Waals surface area contributed by atoms with Crippen molar-refractivity contribution in [3.05, 3.63) is 72.3 Å². The van der Waals surface area contributed by atoms with Gasteiger partial charge in [0.1, 0.15) is 6.10 Å². The quantitative estimate of drug-likeness (QED) is 0.698. The van der Waals surface area contributed by atoms with Crippen molar-refractivity contribution in [3.8, 4) is 11.1 Å². The van der Waals surface area contributed by atoms with Gasteiger partial charge in [-0.25, -0.2) is 4.98 Å². The Morgan fingerprint density at radius 2 is 2.00 bits per heavy atom. The number of hydrogen-bond acceptors (Lipinski definition) is 3. The van der Waals surface area contributed by atoms with Crippen LogP contribution < -0.4 is 5.32 Å². The molecule has 1 heterocycles. The number of H-pyrrole nitrogens is 1. The highest BCUT2D eigenvalue weighted by molar-refractivity contribution is 5.89. The van der Waals surface area contributed by atoms with Gasteiger partial charge in [-0.3, -0.25) is 4.79 Å². The number of rotatable bonds is 6. The molecule has 1 aliphatic rings. The fourth-order valence-electron chi connectivity index (χ4n) is 2.97. The number of amides is 1. The average Bonchev–Trinajstić information content (AvgIpc) is 3.30. The molecule has 1 amide bonds. The van der Waals surface area contributed by atoms with Crippen molar-refractivity contribution >= 4 is 11.6 Å². The first-order valence-electron chi connectivity index (χ1n) is 8.81. The Kier molecular flexibility index (Phi) is 4.54. The van der Waals surface area contributed by atoms with Gasteiger partial charge in [-0.15, -0.1) is 0 Å². The van der Waals surface area contributed by atoms with E-state index in [0.717, 1.165) is 40.9 Å². The number of carbonyl (C=O) groups is 1. The lowest BCUT2D eigenvalue weighted by Crippen LogP contribution is -2.08. The zero-order chi connectivity index (χ0) is 17.9. The molecule has 5 heteroatoms. The molecule has 0 radical (unpaired) electrons. The zero-order valence-corrected chi connectivity index (χ0v) is 14.6. The summed E-state index contributed by atoms with van der Waals surface area (Å²) in [5.41, 5.74) is 5.02. The molecule has 0 saturated heterocycles. The molecule has 1 unspecified atom stereocenters. The average molecular weight is 347 g/mol. The highest BCUT2D eigenvalue weighted by Crippen LogP contribution is 2.34. The van der Waals surface area contributed by atoms with Crippen molar-refractivity contribution in [2.45, 2.75) is 32.0 Å². The number of aromatic amines is 1. The minimum Gasteiger partial charge on any atom is -0.364 e. The molecule has 0 spiro atoms. The SMILES string of the molecule is CC(=O)Nc1cccc(-c2ccc(C(OC3CC3)c3cnc[nH]3)cc2)c1. The van der Waals surface area contributed by atoms with E-state index in [1.165, 1.54) is 6.92 Å². The van der Waals surface area contributed by atoms with Crippen molar-refractivity contribution < 1.29 is 9.53 Å². The lowest BCUT2D eigenvalue weighted by molar-refractivity contribution is -0.114. The third kappa shape index (κ3) is 3.83. The number of ether oxygens (including phenoxy) is 1. The predicted molar refractivity (Wildman–Crippen MR) is 101 cm³/mol. The van der Waals surface area contributed by atoms with Crippen molar-refractivity contribution in [1.82, 2.24) is 9.97 Å². The maximum atomic E-state index is 11.3. The number of hydrogen-bond donors (Lipinski definition) is 2. The van der Waals surface area contributed by atoms with Crippen LogP contribution in [-0.4, -0.2) is 22.0 Å². The second-order valence-electron chi connectivity index (χ2n) is 6.61. The summed E-state index contributed by atoms with van der Waals surface area (Å²) in [5, 5.41) is 2.82. The molecule has 3 aromatic rings. The smallest absolute Gasteiger partial charge is 0.221 e. The van der Waals surface area contributed by atoms with E-state index in [1.54, 1.807) is 6.33 Å². The topological polar surface area (TPSA) is 67.0 Å². The van der Waals surface area contributed by atoms with E-state index in [2.05, 4.69) is 39.6 Å². The Morgan fingerprint density at radius 1 is 1.19 bits per heavy atom. The van der Waals surface area contributed by atoms with Crippen molar-refractivity contribution in [2.24, 2.45) is 0 Å². The highest BCUT2D eigenvalue weighted by atomic mass is 16.5. The molecule has 1 fully saturated rings. The summed E-state index contributed by atoms with van der Waals surface area (Å²) < 4.78 is 6.18. The van der Waals surface area contributed by atoms with E-state index in [0.29, 0.717) is 6.10 Å². The van der Waals surface area contributed by atoms with Gasteiger partial charge in [0.15, 0.2) is 0 Å². The van der Waals surface area contributed by atoms with Crippen LogP contribution in [0.5, 0.6) is 0 Å². The normalized spacial score (nSPS) is 14.8. The van der Waals surface area contributed by atoms with Crippen LogP contribution in [0.15, 0.2) is 61.1 Å². The summed E-state index contributed by atoms with van der Waals surface area (Å²) >= 11 is 0. The van der Waals surface area contributed by atoms with E-state index >= 15 is 0 Å². The van der Waals surface area contributed by atoms with Crippen LogP contribution in [0.2, 0.25) is 0 Å². The van der Waals surface area contributed by atoms with Crippen LogP contribution >= 0.6 is 0 Å². The Balaban J connectivity index is 1.58. The summed E-state index contributed by atoms with van der Waals surface area (Å²) in [5.74, 6) is -0.0721. The molecular formula is C21H21N3O2. The highest BCUT2D eigenvalue weighted by Gasteiger charge is 2.28. The van der Waals surface area contributed by atoms with Crippen LogP contribution in [0, 0.1) is 0 Å². The van der Waals surface area contributed by atoms with Crippen LogP contribution in [0.3, 0.4) is 0 Å². The first kappa shape index (κ1) is 16.5. The number of nitrogens with one attached hydrogen (secondary N) is 2. The summed E-state index contributed by atoms with van der Waals surface area (Å²) in [4.78, 5) is 18.5. The van der Waals surface area contributed by atoms with E-state index in [-0.39, 0.29) is 12.0 Å². The minimum absolute atomic E-state index is 0.0721. The third-order valence-electron chi connectivity index (χ3n) is 4.38. The number of benzene rings is 2. The first-order chi connectivity index (χ1) is 12.7. The maximum absolute atomic E-state index is 11.3. The van der Waals surface area contributed by atoms with Gasteiger partial charge in [0.05, 0.1) is 24.3 Å². The Bertz CT molecular complexity index is 884. The fraction of sp³-hybridized carbons (Fsp3) is 0.238. The molecule has 1 saturated carbocycles. The molecule has 0 aliphatic heterocycles. The lowest BCUT2D eigenvalue weighted by Gasteiger charge is -2.17. The Hall–Kier alpha value is -2.92. The van der Waals surface area contributed by atoms with Crippen LogP contribution in [0.4, 0.5) is 5.69 Å². The van der Waals surface area contributed by atoms with Gasteiger partial charge in [0, 0.05) is 12.6 Å². The minimum atomic E-state index is -0.121.